The number of hydrogen-bond donors (Lipinski definition) is 2. The van der Waals surface area contributed by atoms with Gasteiger partial charge in [0.2, 0.25) is 11.0 Å². The second-order valence-electron chi connectivity index (χ2n) is 6.03. The molecule has 2 N–H and O–H groups in total. The van der Waals surface area contributed by atoms with Crippen LogP contribution in [-0.4, -0.2) is 33.9 Å². The molecule has 1 heterocycles. The zero-order chi connectivity index (χ0) is 21.5. The van der Waals surface area contributed by atoms with E-state index in [2.05, 4.69) is 27.8 Å². The molecule has 156 valence electrons. The predicted octanol–water partition coefficient (Wildman–Crippen LogP) is 4.49. The average Bonchev–Trinajstić information content (AvgIpc) is 3.20. The number of carbonyl (C=O) groups is 1. The van der Waals surface area contributed by atoms with Crippen LogP contribution in [0.1, 0.15) is 12.5 Å². The molecule has 1 amide bonds. The fourth-order valence-electron chi connectivity index (χ4n) is 2.47. The highest BCUT2D eigenvalue weighted by atomic mass is 32.2. The van der Waals surface area contributed by atoms with Gasteiger partial charge in [-0.1, -0.05) is 42.2 Å². The van der Waals surface area contributed by atoms with Crippen molar-refractivity contribution in [1.82, 2.24) is 10.2 Å². The van der Waals surface area contributed by atoms with Gasteiger partial charge in [-0.05, 0) is 36.2 Å². The van der Waals surface area contributed by atoms with E-state index in [0.29, 0.717) is 15.2 Å². The van der Waals surface area contributed by atoms with Crippen LogP contribution in [0, 0.1) is 10.1 Å². The van der Waals surface area contributed by atoms with Gasteiger partial charge in [0, 0.05) is 5.69 Å². The third kappa shape index (κ3) is 5.67. The Morgan fingerprint density at radius 1 is 1.23 bits per heavy atom. The monoisotopic (exact) mass is 445 g/mol. The highest BCUT2D eigenvalue weighted by Crippen LogP contribution is 2.30. The van der Waals surface area contributed by atoms with Crippen LogP contribution in [0.2, 0.25) is 0 Å². The second-order valence-corrected chi connectivity index (χ2v) is 8.23. The molecule has 11 heteroatoms. The van der Waals surface area contributed by atoms with Crippen LogP contribution < -0.4 is 15.4 Å². The standard InChI is InChI=1S/C19H19N5O4S2/c1-3-12-4-6-13(7-5-12)20-18-22-23-19(30-18)29-11-17(25)21-15-9-8-14(28-2)10-16(15)24(26)27/h4-10H,3,11H2,1-2H3,(H,20,22)(H,21,25). The number of anilines is 3. The number of aryl methyl sites for hydroxylation is 1. The van der Waals surface area contributed by atoms with Crippen molar-refractivity contribution in [3.8, 4) is 5.75 Å². The fraction of sp³-hybridized carbons (Fsp3) is 0.211. The van der Waals surface area contributed by atoms with Crippen LogP contribution in [0.15, 0.2) is 46.8 Å². The summed E-state index contributed by atoms with van der Waals surface area (Å²) in [6.45, 7) is 2.10. The Hall–Kier alpha value is -3.18. The molecule has 0 bridgehead atoms. The number of benzene rings is 2. The van der Waals surface area contributed by atoms with Crippen LogP contribution >= 0.6 is 23.1 Å². The number of methoxy groups -OCH3 is 1. The molecular weight excluding hydrogens is 426 g/mol. The van der Waals surface area contributed by atoms with Gasteiger partial charge in [0.1, 0.15) is 11.4 Å². The summed E-state index contributed by atoms with van der Waals surface area (Å²) in [6.07, 6.45) is 0.974. The van der Waals surface area contributed by atoms with E-state index in [-0.39, 0.29) is 23.0 Å². The molecule has 0 radical (unpaired) electrons. The lowest BCUT2D eigenvalue weighted by Crippen LogP contribution is -2.15. The lowest BCUT2D eigenvalue weighted by molar-refractivity contribution is -0.384. The summed E-state index contributed by atoms with van der Waals surface area (Å²) in [6, 6.07) is 12.3. The summed E-state index contributed by atoms with van der Waals surface area (Å²) < 4.78 is 5.60. The third-order valence-corrected chi connectivity index (χ3v) is 5.99. The first kappa shape index (κ1) is 21.5. The van der Waals surface area contributed by atoms with Crippen LogP contribution in [0.3, 0.4) is 0 Å². The average molecular weight is 446 g/mol. The van der Waals surface area contributed by atoms with E-state index in [1.54, 1.807) is 6.07 Å². The molecule has 0 unspecified atom stereocenters. The lowest BCUT2D eigenvalue weighted by Gasteiger charge is -2.07. The molecule has 30 heavy (non-hydrogen) atoms. The number of nitrogens with zero attached hydrogens (tertiary/aromatic N) is 3. The van der Waals surface area contributed by atoms with Gasteiger partial charge in [0.25, 0.3) is 5.69 Å². The molecule has 0 aliphatic heterocycles. The van der Waals surface area contributed by atoms with E-state index >= 15 is 0 Å². The SMILES string of the molecule is CCc1ccc(Nc2nnc(SCC(=O)Nc3ccc(OC)cc3[N+](=O)[O-])s2)cc1. The van der Waals surface area contributed by atoms with Crippen molar-refractivity contribution < 1.29 is 14.5 Å². The van der Waals surface area contributed by atoms with Gasteiger partial charge in [-0.25, -0.2) is 0 Å². The first-order chi connectivity index (χ1) is 14.5. The summed E-state index contributed by atoms with van der Waals surface area (Å²) in [7, 11) is 1.42. The maximum atomic E-state index is 12.2. The molecule has 2 aromatic carbocycles. The Kier molecular flexibility index (Phi) is 7.20. The topological polar surface area (TPSA) is 119 Å². The minimum Gasteiger partial charge on any atom is -0.496 e. The summed E-state index contributed by atoms with van der Waals surface area (Å²) >= 11 is 2.53. The number of aromatic nitrogens is 2. The van der Waals surface area contributed by atoms with Gasteiger partial charge < -0.3 is 15.4 Å². The number of hydrogen-bond acceptors (Lipinski definition) is 9. The van der Waals surface area contributed by atoms with E-state index in [4.69, 9.17) is 4.74 Å². The van der Waals surface area contributed by atoms with E-state index in [1.807, 2.05) is 24.3 Å². The van der Waals surface area contributed by atoms with Crippen LogP contribution in [0.4, 0.5) is 22.2 Å². The number of nitro groups is 1. The lowest BCUT2D eigenvalue weighted by atomic mass is 10.1. The Balaban J connectivity index is 1.56. The van der Waals surface area contributed by atoms with E-state index in [1.165, 1.54) is 47.9 Å². The summed E-state index contributed by atoms with van der Waals surface area (Å²) in [4.78, 5) is 22.9. The highest BCUT2D eigenvalue weighted by molar-refractivity contribution is 8.01. The quantitative estimate of drug-likeness (QED) is 0.281. The van der Waals surface area contributed by atoms with Crippen molar-refractivity contribution in [2.45, 2.75) is 17.7 Å². The molecule has 0 aliphatic carbocycles. The molecule has 0 spiro atoms. The zero-order valence-electron chi connectivity index (χ0n) is 16.2. The van der Waals surface area contributed by atoms with E-state index in [9.17, 15) is 14.9 Å². The number of thioether (sulfide) groups is 1. The first-order valence-corrected chi connectivity index (χ1v) is 10.7. The Labute approximate surface area is 181 Å². The first-order valence-electron chi connectivity index (χ1n) is 8.93. The highest BCUT2D eigenvalue weighted by Gasteiger charge is 2.18. The molecule has 0 fully saturated rings. The van der Waals surface area contributed by atoms with Crippen molar-refractivity contribution in [3.63, 3.8) is 0 Å². The fourth-order valence-corrected chi connectivity index (χ4v) is 4.05. The van der Waals surface area contributed by atoms with Gasteiger partial charge in [-0.15, -0.1) is 10.2 Å². The van der Waals surface area contributed by atoms with Crippen LogP contribution in [0.5, 0.6) is 5.75 Å². The predicted molar refractivity (Wildman–Crippen MR) is 118 cm³/mol. The Bertz CT molecular complexity index is 1040. The van der Waals surface area contributed by atoms with Crippen molar-refractivity contribution in [1.29, 1.82) is 0 Å². The summed E-state index contributed by atoms with van der Waals surface area (Å²) in [5.41, 5.74) is 2.03. The van der Waals surface area contributed by atoms with Gasteiger partial charge >= 0.3 is 0 Å². The number of amides is 1. The number of ether oxygens (including phenoxy) is 1. The van der Waals surface area contributed by atoms with Crippen molar-refractivity contribution in [2.24, 2.45) is 0 Å². The van der Waals surface area contributed by atoms with Gasteiger partial charge in [-0.3, -0.25) is 14.9 Å². The largest absolute Gasteiger partial charge is 0.496 e. The summed E-state index contributed by atoms with van der Waals surface area (Å²) in [5, 5.41) is 25.7. The molecule has 0 saturated heterocycles. The maximum absolute atomic E-state index is 12.2. The summed E-state index contributed by atoms with van der Waals surface area (Å²) in [5.74, 6) is 0.00339. The number of rotatable bonds is 9. The van der Waals surface area contributed by atoms with Crippen LogP contribution in [0.25, 0.3) is 0 Å². The number of carbonyl (C=O) groups excluding carboxylic acids is 1. The normalized spacial score (nSPS) is 10.5. The minimum atomic E-state index is -0.568. The molecule has 3 rings (SSSR count). The van der Waals surface area contributed by atoms with E-state index in [0.717, 1.165) is 12.1 Å². The third-order valence-electron chi connectivity index (χ3n) is 4.02. The molecule has 9 nitrogen and oxygen atoms in total. The van der Waals surface area contributed by atoms with Crippen molar-refractivity contribution in [3.05, 3.63) is 58.1 Å². The molecule has 3 aromatic rings. The maximum Gasteiger partial charge on any atom is 0.296 e. The van der Waals surface area contributed by atoms with E-state index < -0.39 is 4.92 Å². The van der Waals surface area contributed by atoms with Gasteiger partial charge in [0.15, 0.2) is 4.34 Å². The minimum absolute atomic E-state index is 0.0447. The molecular formula is C19H19N5O4S2. The Morgan fingerprint density at radius 3 is 2.67 bits per heavy atom. The molecule has 1 aromatic heterocycles. The second kappa shape index (κ2) is 10.0. The molecule has 0 aliphatic rings. The molecule has 0 atom stereocenters. The molecule has 0 saturated carbocycles. The van der Waals surface area contributed by atoms with Crippen LogP contribution in [-0.2, 0) is 11.2 Å². The number of nitro benzene ring substituents is 1. The van der Waals surface area contributed by atoms with Crippen molar-refractivity contribution in [2.75, 3.05) is 23.5 Å². The zero-order valence-corrected chi connectivity index (χ0v) is 17.9. The van der Waals surface area contributed by atoms with Gasteiger partial charge in [-0.2, -0.15) is 0 Å². The smallest absolute Gasteiger partial charge is 0.296 e. The number of nitrogens with one attached hydrogen (secondary N) is 2. The van der Waals surface area contributed by atoms with Crippen molar-refractivity contribution >= 4 is 51.2 Å². The Morgan fingerprint density at radius 2 is 2.00 bits per heavy atom. The van der Waals surface area contributed by atoms with Gasteiger partial charge in [0.05, 0.1) is 23.9 Å².